The van der Waals surface area contributed by atoms with Gasteiger partial charge in [0, 0.05) is 6.04 Å². The van der Waals surface area contributed by atoms with Crippen molar-refractivity contribution in [3.8, 4) is 0 Å². The molecule has 0 amide bonds. The maximum atomic E-state index is 3.53. The molecule has 2 atom stereocenters. The Hall–Kier alpha value is 0.310. The van der Waals surface area contributed by atoms with E-state index in [1.54, 1.807) is 0 Å². The Kier molecular flexibility index (Phi) is 8.14. The van der Waals surface area contributed by atoms with Crippen molar-refractivity contribution in [3.05, 3.63) is 0 Å². The van der Waals surface area contributed by atoms with E-state index in [2.05, 4.69) is 32.3 Å². The fourth-order valence-electron chi connectivity index (χ4n) is 1.52. The van der Waals surface area contributed by atoms with Gasteiger partial charge in [0.2, 0.25) is 0 Å². The Morgan fingerprint density at radius 3 is 2.42 bits per heavy atom. The first-order valence-electron chi connectivity index (χ1n) is 4.98. The van der Waals surface area contributed by atoms with Gasteiger partial charge in [-0.15, -0.1) is 0 Å². The molecule has 0 aliphatic rings. The van der Waals surface area contributed by atoms with Crippen molar-refractivity contribution in [3.63, 3.8) is 0 Å². The molecule has 1 N–H and O–H groups in total. The van der Waals surface area contributed by atoms with Gasteiger partial charge >= 0.3 is 0 Å². The van der Waals surface area contributed by atoms with Crippen LogP contribution in [0.4, 0.5) is 0 Å². The Morgan fingerprint density at radius 1 is 1.33 bits per heavy atom. The molecule has 0 radical (unpaired) electrons. The molecule has 74 valence electrons. The number of thioether (sulfide) groups is 1. The second-order valence-corrected chi connectivity index (χ2v) is 4.32. The van der Waals surface area contributed by atoms with Gasteiger partial charge in [-0.05, 0) is 37.3 Å². The third-order valence-corrected chi connectivity index (χ3v) is 3.01. The molecule has 0 saturated heterocycles. The van der Waals surface area contributed by atoms with Crippen LogP contribution in [0.3, 0.4) is 0 Å². The van der Waals surface area contributed by atoms with Crippen molar-refractivity contribution >= 4 is 11.8 Å². The summed E-state index contributed by atoms with van der Waals surface area (Å²) in [6.07, 6.45) is 4.77. The largest absolute Gasteiger partial charge is 0.314 e. The van der Waals surface area contributed by atoms with Gasteiger partial charge < -0.3 is 5.32 Å². The van der Waals surface area contributed by atoms with E-state index in [1.807, 2.05) is 11.8 Å². The Labute approximate surface area is 81.7 Å². The van der Waals surface area contributed by atoms with E-state index < -0.39 is 0 Å². The average molecular weight is 189 g/mol. The van der Waals surface area contributed by atoms with Crippen molar-refractivity contribution < 1.29 is 0 Å². The predicted molar refractivity (Wildman–Crippen MR) is 59.9 cm³/mol. The highest BCUT2D eigenvalue weighted by atomic mass is 32.2. The minimum Gasteiger partial charge on any atom is -0.314 e. The van der Waals surface area contributed by atoms with Crippen LogP contribution >= 0.6 is 11.8 Å². The van der Waals surface area contributed by atoms with E-state index in [-0.39, 0.29) is 0 Å². The molecule has 0 aromatic rings. The molecular weight excluding hydrogens is 166 g/mol. The summed E-state index contributed by atoms with van der Waals surface area (Å²) in [7, 11) is 0. The lowest BCUT2D eigenvalue weighted by Crippen LogP contribution is -2.34. The molecule has 1 nitrogen and oxygen atoms in total. The summed E-state index contributed by atoms with van der Waals surface area (Å²) in [5, 5.41) is 3.53. The number of hydrogen-bond acceptors (Lipinski definition) is 2. The average Bonchev–Trinajstić information content (AvgIpc) is 2.10. The molecule has 0 aromatic carbocycles. The molecule has 12 heavy (non-hydrogen) atoms. The van der Waals surface area contributed by atoms with Crippen LogP contribution in [0.25, 0.3) is 0 Å². The first-order chi connectivity index (χ1) is 5.76. The molecule has 2 unspecified atom stereocenters. The molecule has 0 aromatic heterocycles. The van der Waals surface area contributed by atoms with E-state index in [0.717, 1.165) is 18.5 Å². The summed E-state index contributed by atoms with van der Waals surface area (Å²) in [5.74, 6) is 2.12. The zero-order chi connectivity index (χ0) is 9.40. The van der Waals surface area contributed by atoms with Gasteiger partial charge in [0.15, 0.2) is 0 Å². The predicted octanol–water partition coefficient (Wildman–Crippen LogP) is 2.76. The van der Waals surface area contributed by atoms with Gasteiger partial charge in [0.25, 0.3) is 0 Å². The monoisotopic (exact) mass is 189 g/mol. The Bertz CT molecular complexity index is 95.8. The normalized spacial score (nSPS) is 16.0. The Morgan fingerprint density at radius 2 is 2.00 bits per heavy atom. The highest BCUT2D eigenvalue weighted by Crippen LogP contribution is 2.13. The van der Waals surface area contributed by atoms with Gasteiger partial charge in [-0.25, -0.2) is 0 Å². The van der Waals surface area contributed by atoms with Crippen LogP contribution in [0.1, 0.15) is 33.6 Å². The van der Waals surface area contributed by atoms with Gasteiger partial charge in [-0.3, -0.25) is 0 Å². The summed E-state index contributed by atoms with van der Waals surface area (Å²) in [6.45, 7) is 7.90. The summed E-state index contributed by atoms with van der Waals surface area (Å²) in [5.41, 5.74) is 0. The van der Waals surface area contributed by atoms with Crippen LogP contribution in [0.15, 0.2) is 0 Å². The fraction of sp³-hybridized carbons (Fsp3) is 1.00. The van der Waals surface area contributed by atoms with Crippen LogP contribution in [0, 0.1) is 5.92 Å². The topological polar surface area (TPSA) is 12.0 Å². The lowest BCUT2D eigenvalue weighted by Gasteiger charge is -2.23. The lowest BCUT2D eigenvalue weighted by molar-refractivity contribution is 0.366. The fourth-order valence-corrected chi connectivity index (χ4v) is 2.12. The zero-order valence-electron chi connectivity index (χ0n) is 8.89. The maximum absolute atomic E-state index is 3.53. The SMILES string of the molecule is CCNC(CC)C(C)CCSC. The van der Waals surface area contributed by atoms with Gasteiger partial charge in [0.1, 0.15) is 0 Å². The molecule has 0 aliphatic carbocycles. The third kappa shape index (κ3) is 5.04. The summed E-state index contributed by atoms with van der Waals surface area (Å²) < 4.78 is 0. The summed E-state index contributed by atoms with van der Waals surface area (Å²) in [4.78, 5) is 0. The quantitative estimate of drug-likeness (QED) is 0.661. The maximum Gasteiger partial charge on any atom is 0.00902 e. The van der Waals surface area contributed by atoms with E-state index in [1.165, 1.54) is 18.6 Å². The Balaban J connectivity index is 3.60. The minimum absolute atomic E-state index is 0.724. The highest BCUT2D eigenvalue weighted by Gasteiger charge is 2.12. The van der Waals surface area contributed by atoms with Crippen LogP contribution in [-0.2, 0) is 0 Å². The van der Waals surface area contributed by atoms with E-state index in [4.69, 9.17) is 0 Å². The van der Waals surface area contributed by atoms with Gasteiger partial charge in [0.05, 0.1) is 0 Å². The smallest absolute Gasteiger partial charge is 0.00902 e. The molecular formula is C10H23NS. The lowest BCUT2D eigenvalue weighted by atomic mass is 9.97. The van der Waals surface area contributed by atoms with Gasteiger partial charge in [-0.2, -0.15) is 11.8 Å². The number of rotatable bonds is 7. The van der Waals surface area contributed by atoms with Crippen molar-refractivity contribution in [2.45, 2.75) is 39.7 Å². The highest BCUT2D eigenvalue weighted by molar-refractivity contribution is 7.98. The molecule has 0 saturated carbocycles. The number of nitrogens with one attached hydrogen (secondary N) is 1. The molecule has 0 aliphatic heterocycles. The first-order valence-corrected chi connectivity index (χ1v) is 6.37. The van der Waals surface area contributed by atoms with E-state index in [0.29, 0.717) is 0 Å². The van der Waals surface area contributed by atoms with Crippen molar-refractivity contribution in [1.29, 1.82) is 0 Å². The molecule has 0 bridgehead atoms. The zero-order valence-corrected chi connectivity index (χ0v) is 9.71. The molecule has 0 heterocycles. The second kappa shape index (κ2) is 7.93. The number of hydrogen-bond donors (Lipinski definition) is 1. The summed E-state index contributed by atoms with van der Waals surface area (Å²) in [6, 6.07) is 0.724. The second-order valence-electron chi connectivity index (χ2n) is 3.33. The van der Waals surface area contributed by atoms with E-state index >= 15 is 0 Å². The minimum atomic E-state index is 0.724. The summed E-state index contributed by atoms with van der Waals surface area (Å²) >= 11 is 1.95. The third-order valence-electron chi connectivity index (χ3n) is 2.37. The molecule has 0 rings (SSSR count). The van der Waals surface area contributed by atoms with Gasteiger partial charge in [-0.1, -0.05) is 20.8 Å². The van der Waals surface area contributed by atoms with Crippen molar-refractivity contribution in [2.75, 3.05) is 18.6 Å². The van der Waals surface area contributed by atoms with Crippen molar-refractivity contribution in [1.82, 2.24) is 5.32 Å². The van der Waals surface area contributed by atoms with Crippen LogP contribution in [0.5, 0.6) is 0 Å². The van der Waals surface area contributed by atoms with Crippen molar-refractivity contribution in [2.24, 2.45) is 5.92 Å². The van der Waals surface area contributed by atoms with E-state index in [9.17, 15) is 0 Å². The van der Waals surface area contributed by atoms with Crippen LogP contribution in [0.2, 0.25) is 0 Å². The standard InChI is InChI=1S/C10H23NS/c1-5-10(11-6-2)9(3)7-8-12-4/h9-11H,5-8H2,1-4H3. The molecule has 0 fully saturated rings. The molecule has 0 spiro atoms. The first kappa shape index (κ1) is 12.3. The molecule has 2 heteroatoms. The van der Waals surface area contributed by atoms with Crippen LogP contribution in [-0.4, -0.2) is 24.6 Å². The van der Waals surface area contributed by atoms with Crippen LogP contribution < -0.4 is 5.32 Å².